The molecule has 0 radical (unpaired) electrons. The first-order chi connectivity index (χ1) is 11.1. The third kappa shape index (κ3) is 3.15. The van der Waals surface area contributed by atoms with Crippen LogP contribution in [-0.2, 0) is 22.4 Å². The molecule has 1 heterocycles. The fourth-order valence-corrected chi connectivity index (χ4v) is 4.52. The van der Waals surface area contributed by atoms with Crippen LogP contribution in [0.1, 0.15) is 45.6 Å². The predicted molar refractivity (Wildman–Crippen MR) is 91.2 cm³/mol. The normalized spacial score (nSPS) is 16.5. The third-order valence-electron chi connectivity index (χ3n) is 4.22. The van der Waals surface area contributed by atoms with E-state index >= 15 is 0 Å². The summed E-state index contributed by atoms with van der Waals surface area (Å²) in [5.41, 5.74) is 2.90. The minimum Gasteiger partial charge on any atom is -0.465 e. The van der Waals surface area contributed by atoms with E-state index in [0.717, 1.165) is 24.8 Å². The largest absolute Gasteiger partial charge is 0.465 e. The number of amides is 1. The maximum atomic E-state index is 12.1. The summed E-state index contributed by atoms with van der Waals surface area (Å²) < 4.78 is 4.91. The summed E-state index contributed by atoms with van der Waals surface area (Å²) in [5, 5.41) is 3.39. The van der Waals surface area contributed by atoms with E-state index in [9.17, 15) is 9.59 Å². The highest BCUT2D eigenvalue weighted by molar-refractivity contribution is 7.17. The lowest BCUT2D eigenvalue weighted by atomic mass is 9.83. The number of fused-ring (bicyclic) bond motifs is 1. The molecule has 0 saturated carbocycles. The van der Waals surface area contributed by atoms with E-state index in [1.165, 1.54) is 35.8 Å². The van der Waals surface area contributed by atoms with Crippen LogP contribution in [-0.4, -0.2) is 19.0 Å². The summed E-state index contributed by atoms with van der Waals surface area (Å²) >= 11 is 1.50. The Kier molecular flexibility index (Phi) is 4.48. The Morgan fingerprint density at radius 2 is 2.00 bits per heavy atom. The third-order valence-corrected chi connectivity index (χ3v) is 5.39. The van der Waals surface area contributed by atoms with Crippen molar-refractivity contribution in [3.63, 3.8) is 0 Å². The Morgan fingerprint density at radius 1 is 1.26 bits per heavy atom. The second kappa shape index (κ2) is 6.54. The standard InChI is InChI=1S/C18H19NO3S/c1-11(20)19-17-16(18(21)22-2)14-9-8-13(10-15(14)23-17)12-6-4-3-5-7-12/h3-7,13H,8-10H2,1-2H3,(H,19,20). The number of rotatable bonds is 3. The fourth-order valence-electron chi connectivity index (χ4n) is 3.16. The van der Waals surface area contributed by atoms with E-state index in [4.69, 9.17) is 4.74 Å². The van der Waals surface area contributed by atoms with Crippen molar-refractivity contribution in [2.45, 2.75) is 32.1 Å². The predicted octanol–water partition coefficient (Wildman–Crippen LogP) is 3.77. The van der Waals surface area contributed by atoms with Gasteiger partial charge in [0.15, 0.2) is 0 Å². The van der Waals surface area contributed by atoms with Gasteiger partial charge >= 0.3 is 5.97 Å². The molecule has 5 heteroatoms. The van der Waals surface area contributed by atoms with Gasteiger partial charge in [-0.3, -0.25) is 4.79 Å². The smallest absolute Gasteiger partial charge is 0.341 e. The van der Waals surface area contributed by atoms with Crippen LogP contribution in [0.5, 0.6) is 0 Å². The van der Waals surface area contributed by atoms with Crippen LogP contribution < -0.4 is 5.32 Å². The zero-order valence-corrected chi connectivity index (χ0v) is 14.0. The molecule has 1 aromatic heterocycles. The Bertz CT molecular complexity index is 736. The molecule has 2 aromatic rings. The van der Waals surface area contributed by atoms with Gasteiger partial charge in [0.25, 0.3) is 0 Å². The summed E-state index contributed by atoms with van der Waals surface area (Å²) in [6.07, 6.45) is 2.72. The minimum absolute atomic E-state index is 0.173. The van der Waals surface area contributed by atoms with Gasteiger partial charge in [0.2, 0.25) is 5.91 Å². The highest BCUT2D eigenvalue weighted by Crippen LogP contribution is 2.42. The summed E-state index contributed by atoms with van der Waals surface area (Å²) in [6, 6.07) is 10.4. The van der Waals surface area contributed by atoms with E-state index in [-0.39, 0.29) is 11.9 Å². The van der Waals surface area contributed by atoms with E-state index in [1.807, 2.05) is 6.07 Å². The molecule has 1 amide bonds. The summed E-state index contributed by atoms with van der Waals surface area (Å²) in [7, 11) is 1.37. The van der Waals surface area contributed by atoms with Gasteiger partial charge in [0, 0.05) is 11.8 Å². The molecule has 1 atom stereocenters. The number of thiophene rings is 1. The number of carbonyl (C=O) groups excluding carboxylic acids is 2. The zero-order chi connectivity index (χ0) is 16.4. The Balaban J connectivity index is 1.95. The van der Waals surface area contributed by atoms with E-state index in [1.54, 1.807) is 0 Å². The van der Waals surface area contributed by atoms with Gasteiger partial charge in [0.1, 0.15) is 5.00 Å². The van der Waals surface area contributed by atoms with Crippen LogP contribution in [0, 0.1) is 0 Å². The second-order valence-corrected chi connectivity index (χ2v) is 6.84. The van der Waals surface area contributed by atoms with Gasteiger partial charge in [-0.2, -0.15) is 0 Å². The summed E-state index contributed by atoms with van der Waals surface area (Å²) in [4.78, 5) is 24.7. The number of ether oxygens (including phenoxy) is 1. The molecule has 1 aliphatic rings. The number of hydrogen-bond donors (Lipinski definition) is 1. The molecule has 1 aliphatic carbocycles. The molecule has 1 N–H and O–H groups in total. The van der Waals surface area contributed by atoms with Crippen molar-refractivity contribution < 1.29 is 14.3 Å². The quantitative estimate of drug-likeness (QED) is 0.872. The van der Waals surface area contributed by atoms with Crippen molar-refractivity contribution in [2.24, 2.45) is 0 Å². The van der Waals surface area contributed by atoms with Gasteiger partial charge in [0.05, 0.1) is 12.7 Å². The highest BCUT2D eigenvalue weighted by Gasteiger charge is 2.30. The van der Waals surface area contributed by atoms with Gasteiger partial charge in [-0.05, 0) is 36.3 Å². The number of benzene rings is 1. The van der Waals surface area contributed by atoms with Crippen molar-refractivity contribution in [1.29, 1.82) is 0 Å². The first-order valence-corrected chi connectivity index (χ1v) is 8.47. The van der Waals surface area contributed by atoms with Gasteiger partial charge < -0.3 is 10.1 Å². The zero-order valence-electron chi connectivity index (χ0n) is 13.2. The average Bonchev–Trinajstić information content (AvgIpc) is 2.91. The van der Waals surface area contributed by atoms with E-state index < -0.39 is 0 Å². The number of methoxy groups -OCH3 is 1. The average molecular weight is 329 g/mol. The van der Waals surface area contributed by atoms with Gasteiger partial charge in [-0.25, -0.2) is 4.79 Å². The van der Waals surface area contributed by atoms with Crippen LogP contribution in [0.3, 0.4) is 0 Å². The molecule has 23 heavy (non-hydrogen) atoms. The van der Waals surface area contributed by atoms with Crippen LogP contribution in [0.4, 0.5) is 5.00 Å². The van der Waals surface area contributed by atoms with Gasteiger partial charge in [-0.15, -0.1) is 11.3 Å². The lowest BCUT2D eigenvalue weighted by molar-refractivity contribution is -0.114. The Hall–Kier alpha value is -2.14. The minimum atomic E-state index is -0.371. The molecule has 0 saturated heterocycles. The van der Waals surface area contributed by atoms with Crippen molar-refractivity contribution in [3.8, 4) is 0 Å². The van der Waals surface area contributed by atoms with Gasteiger partial charge in [-0.1, -0.05) is 30.3 Å². The lowest BCUT2D eigenvalue weighted by Crippen LogP contribution is -2.15. The van der Waals surface area contributed by atoms with Crippen LogP contribution >= 0.6 is 11.3 Å². The number of carbonyl (C=O) groups is 2. The molecule has 4 nitrogen and oxygen atoms in total. The first kappa shape index (κ1) is 15.7. The maximum Gasteiger partial charge on any atom is 0.341 e. The second-order valence-electron chi connectivity index (χ2n) is 5.73. The Labute approximate surface area is 139 Å². The molecule has 1 unspecified atom stereocenters. The number of esters is 1. The van der Waals surface area contributed by atoms with Crippen molar-refractivity contribution in [2.75, 3.05) is 12.4 Å². The van der Waals surface area contributed by atoms with E-state index in [2.05, 4.69) is 29.6 Å². The van der Waals surface area contributed by atoms with Crippen molar-refractivity contribution >= 4 is 28.2 Å². The van der Waals surface area contributed by atoms with E-state index in [0.29, 0.717) is 16.5 Å². The maximum absolute atomic E-state index is 12.1. The SMILES string of the molecule is COC(=O)c1c(NC(C)=O)sc2c1CCC(c1ccccc1)C2. The number of nitrogens with one attached hydrogen (secondary N) is 1. The summed E-state index contributed by atoms with van der Waals surface area (Å²) in [5.74, 6) is -0.0872. The molecule has 3 rings (SSSR count). The Morgan fingerprint density at radius 3 is 2.65 bits per heavy atom. The number of anilines is 1. The van der Waals surface area contributed by atoms with Crippen LogP contribution in [0.25, 0.3) is 0 Å². The molecular formula is C18H19NO3S. The molecule has 120 valence electrons. The molecule has 0 spiro atoms. The molecule has 0 aliphatic heterocycles. The van der Waals surface area contributed by atoms with Crippen LogP contribution in [0.2, 0.25) is 0 Å². The summed E-state index contributed by atoms with van der Waals surface area (Å²) in [6.45, 7) is 1.45. The molecule has 0 bridgehead atoms. The van der Waals surface area contributed by atoms with Crippen molar-refractivity contribution in [1.82, 2.24) is 0 Å². The number of hydrogen-bond acceptors (Lipinski definition) is 4. The molecule has 0 fully saturated rings. The monoisotopic (exact) mass is 329 g/mol. The van der Waals surface area contributed by atoms with Crippen molar-refractivity contribution in [3.05, 3.63) is 51.9 Å². The lowest BCUT2D eigenvalue weighted by Gasteiger charge is -2.22. The molecule has 1 aromatic carbocycles. The highest BCUT2D eigenvalue weighted by atomic mass is 32.1. The van der Waals surface area contributed by atoms with Crippen LogP contribution in [0.15, 0.2) is 30.3 Å². The molecular weight excluding hydrogens is 310 g/mol. The fraction of sp³-hybridized carbons (Fsp3) is 0.333. The first-order valence-electron chi connectivity index (χ1n) is 7.65. The topological polar surface area (TPSA) is 55.4 Å².